The van der Waals surface area contributed by atoms with Gasteiger partial charge >= 0.3 is 0 Å². The molecule has 0 fully saturated rings. The van der Waals surface area contributed by atoms with Crippen molar-refractivity contribution in [3.05, 3.63) is 64.4 Å². The fourth-order valence-electron chi connectivity index (χ4n) is 1.79. The number of hydrogen-bond donors (Lipinski definition) is 1. The molecule has 1 atom stereocenters. The summed E-state index contributed by atoms with van der Waals surface area (Å²) in [6, 6.07) is 11.3. The van der Waals surface area contributed by atoms with Gasteiger partial charge in [-0.1, -0.05) is 36.7 Å². The van der Waals surface area contributed by atoms with E-state index in [1.165, 1.54) is 5.56 Å². The van der Waals surface area contributed by atoms with Gasteiger partial charge in [-0.25, -0.2) is 0 Å². The fraction of sp³-hybridized carbons (Fsp3) is 0.267. The third-order valence-corrected chi connectivity index (χ3v) is 3.20. The van der Waals surface area contributed by atoms with Gasteiger partial charge in [0, 0.05) is 23.3 Å². The molecule has 0 aliphatic heterocycles. The number of rotatable bonds is 4. The van der Waals surface area contributed by atoms with Crippen molar-refractivity contribution in [2.75, 3.05) is 0 Å². The average Bonchev–Trinajstić information content (AvgIpc) is 2.40. The summed E-state index contributed by atoms with van der Waals surface area (Å²) in [4.78, 5) is 4.35. The molecule has 94 valence electrons. The van der Waals surface area contributed by atoms with Crippen LogP contribution in [0.3, 0.4) is 0 Å². The quantitative estimate of drug-likeness (QED) is 0.913. The first-order valence-electron chi connectivity index (χ1n) is 6.06. The zero-order chi connectivity index (χ0) is 13.0. The number of benzene rings is 1. The lowest BCUT2D eigenvalue weighted by Gasteiger charge is -2.10. The molecule has 1 unspecified atom stereocenters. The molecule has 0 spiro atoms. The van der Waals surface area contributed by atoms with Crippen LogP contribution >= 0.6 is 11.6 Å². The standard InChI is InChI=1S/C15H16ClNO/c1-2-11-3-8-14(17-10-11)9-15(18)12-4-6-13(16)7-5-12/h3-8,10,15,18H,2,9H2,1H3. The summed E-state index contributed by atoms with van der Waals surface area (Å²) in [5.74, 6) is 0. The number of aliphatic hydroxyl groups excluding tert-OH is 1. The van der Waals surface area contributed by atoms with Crippen LogP contribution in [0.4, 0.5) is 0 Å². The highest BCUT2D eigenvalue weighted by Crippen LogP contribution is 2.19. The van der Waals surface area contributed by atoms with Crippen LogP contribution in [0.1, 0.15) is 29.8 Å². The maximum atomic E-state index is 10.1. The van der Waals surface area contributed by atoms with E-state index in [1.54, 1.807) is 12.1 Å². The number of halogens is 1. The van der Waals surface area contributed by atoms with Crippen molar-refractivity contribution < 1.29 is 5.11 Å². The lowest BCUT2D eigenvalue weighted by Crippen LogP contribution is -2.03. The maximum absolute atomic E-state index is 10.1. The minimum absolute atomic E-state index is 0.519. The molecule has 2 aromatic rings. The Labute approximate surface area is 112 Å². The number of nitrogens with zero attached hydrogens (tertiary/aromatic N) is 1. The zero-order valence-corrected chi connectivity index (χ0v) is 11.1. The molecule has 0 aliphatic carbocycles. The minimum atomic E-state index is -0.540. The predicted molar refractivity (Wildman–Crippen MR) is 73.7 cm³/mol. The predicted octanol–water partition coefficient (Wildman–Crippen LogP) is 3.57. The molecule has 1 aromatic heterocycles. The molecular formula is C15H16ClNO. The van der Waals surface area contributed by atoms with E-state index in [1.807, 2.05) is 24.4 Å². The summed E-state index contributed by atoms with van der Waals surface area (Å²) >= 11 is 5.82. The smallest absolute Gasteiger partial charge is 0.0845 e. The molecule has 1 heterocycles. The van der Waals surface area contributed by atoms with Crippen LogP contribution in [0.2, 0.25) is 5.02 Å². The van der Waals surface area contributed by atoms with Gasteiger partial charge in [0.15, 0.2) is 0 Å². The van der Waals surface area contributed by atoms with Crippen molar-refractivity contribution in [3.8, 4) is 0 Å². The van der Waals surface area contributed by atoms with Gasteiger partial charge in [0.2, 0.25) is 0 Å². The van der Waals surface area contributed by atoms with Crippen LogP contribution in [0, 0.1) is 0 Å². The summed E-state index contributed by atoms with van der Waals surface area (Å²) in [6.45, 7) is 2.10. The summed E-state index contributed by atoms with van der Waals surface area (Å²) < 4.78 is 0. The summed E-state index contributed by atoms with van der Waals surface area (Å²) in [7, 11) is 0. The second-order valence-electron chi connectivity index (χ2n) is 4.28. The molecule has 0 saturated heterocycles. The van der Waals surface area contributed by atoms with Gasteiger partial charge in [-0.3, -0.25) is 4.98 Å². The topological polar surface area (TPSA) is 33.1 Å². The van der Waals surface area contributed by atoms with E-state index in [4.69, 9.17) is 11.6 Å². The highest BCUT2D eigenvalue weighted by molar-refractivity contribution is 6.30. The van der Waals surface area contributed by atoms with Crippen molar-refractivity contribution >= 4 is 11.6 Å². The average molecular weight is 262 g/mol. The lowest BCUT2D eigenvalue weighted by molar-refractivity contribution is 0.177. The number of pyridine rings is 1. The summed E-state index contributed by atoms with van der Waals surface area (Å²) in [5, 5.41) is 10.8. The largest absolute Gasteiger partial charge is 0.388 e. The SMILES string of the molecule is CCc1ccc(CC(O)c2ccc(Cl)cc2)nc1. The molecule has 2 rings (SSSR count). The normalized spacial score (nSPS) is 12.4. The van der Waals surface area contributed by atoms with Crippen LogP contribution in [0.25, 0.3) is 0 Å². The molecule has 0 amide bonds. The second kappa shape index (κ2) is 5.98. The third-order valence-electron chi connectivity index (χ3n) is 2.95. The van der Waals surface area contributed by atoms with Gasteiger partial charge < -0.3 is 5.11 Å². The molecule has 3 heteroatoms. The van der Waals surface area contributed by atoms with E-state index >= 15 is 0 Å². The number of aliphatic hydroxyl groups is 1. The molecule has 0 radical (unpaired) electrons. The molecule has 18 heavy (non-hydrogen) atoms. The lowest BCUT2D eigenvalue weighted by atomic mass is 10.0. The molecule has 0 aliphatic rings. The minimum Gasteiger partial charge on any atom is -0.388 e. The summed E-state index contributed by atoms with van der Waals surface area (Å²) in [6.07, 6.45) is 2.82. The van der Waals surface area contributed by atoms with E-state index in [0.29, 0.717) is 11.4 Å². The highest BCUT2D eigenvalue weighted by Gasteiger charge is 2.09. The van der Waals surface area contributed by atoms with Crippen LogP contribution < -0.4 is 0 Å². The molecule has 0 bridgehead atoms. The third kappa shape index (κ3) is 3.31. The fourth-order valence-corrected chi connectivity index (χ4v) is 1.91. The molecule has 1 N–H and O–H groups in total. The summed E-state index contributed by atoms with van der Waals surface area (Å²) in [5.41, 5.74) is 2.97. The Kier molecular flexibility index (Phi) is 4.34. The first-order chi connectivity index (χ1) is 8.69. The van der Waals surface area contributed by atoms with E-state index in [9.17, 15) is 5.11 Å². The van der Waals surface area contributed by atoms with Crippen LogP contribution in [0.15, 0.2) is 42.6 Å². The number of aryl methyl sites for hydroxylation is 1. The zero-order valence-electron chi connectivity index (χ0n) is 10.3. The van der Waals surface area contributed by atoms with Gasteiger partial charge in [-0.05, 0) is 35.7 Å². The van der Waals surface area contributed by atoms with E-state index in [0.717, 1.165) is 17.7 Å². The first-order valence-corrected chi connectivity index (χ1v) is 6.44. The molecule has 0 saturated carbocycles. The van der Waals surface area contributed by atoms with Gasteiger partial charge in [0.05, 0.1) is 6.10 Å². The Morgan fingerprint density at radius 3 is 2.44 bits per heavy atom. The van der Waals surface area contributed by atoms with Crippen molar-refractivity contribution in [1.82, 2.24) is 4.98 Å². The van der Waals surface area contributed by atoms with Crippen molar-refractivity contribution in [1.29, 1.82) is 0 Å². The molecule has 1 aromatic carbocycles. The second-order valence-corrected chi connectivity index (χ2v) is 4.72. The Bertz CT molecular complexity index is 493. The van der Waals surface area contributed by atoms with Gasteiger partial charge in [0.1, 0.15) is 0 Å². The number of aromatic nitrogens is 1. The Hall–Kier alpha value is -1.38. The van der Waals surface area contributed by atoms with Crippen LogP contribution in [0.5, 0.6) is 0 Å². The molecular weight excluding hydrogens is 246 g/mol. The van der Waals surface area contributed by atoms with E-state index in [2.05, 4.69) is 18.0 Å². The Morgan fingerprint density at radius 1 is 1.17 bits per heavy atom. The van der Waals surface area contributed by atoms with Gasteiger partial charge in [-0.2, -0.15) is 0 Å². The van der Waals surface area contributed by atoms with Crippen molar-refractivity contribution in [2.45, 2.75) is 25.9 Å². The maximum Gasteiger partial charge on any atom is 0.0845 e. The monoisotopic (exact) mass is 261 g/mol. The van der Waals surface area contributed by atoms with Crippen LogP contribution in [-0.2, 0) is 12.8 Å². The van der Waals surface area contributed by atoms with Crippen LogP contribution in [-0.4, -0.2) is 10.1 Å². The van der Waals surface area contributed by atoms with Crippen molar-refractivity contribution in [2.24, 2.45) is 0 Å². The van der Waals surface area contributed by atoms with Crippen molar-refractivity contribution in [3.63, 3.8) is 0 Å². The number of hydrogen-bond acceptors (Lipinski definition) is 2. The molecule has 2 nitrogen and oxygen atoms in total. The van der Waals surface area contributed by atoms with Gasteiger partial charge in [-0.15, -0.1) is 0 Å². The first kappa shape index (κ1) is 13.1. The highest BCUT2D eigenvalue weighted by atomic mass is 35.5. The van der Waals surface area contributed by atoms with E-state index in [-0.39, 0.29) is 0 Å². The Balaban J connectivity index is 2.05. The Morgan fingerprint density at radius 2 is 1.89 bits per heavy atom. The van der Waals surface area contributed by atoms with E-state index < -0.39 is 6.10 Å². The van der Waals surface area contributed by atoms with Gasteiger partial charge in [0.25, 0.3) is 0 Å².